The first kappa shape index (κ1) is 16.5. The SMILES string of the molecule is O=C(CN1C(=O)c2cc(Cl)c(Cl)cc2C1=O)Nc1nnc2ccccn12. The fourth-order valence-corrected chi connectivity index (χ4v) is 2.99. The molecule has 0 saturated carbocycles. The highest BCUT2D eigenvalue weighted by atomic mass is 35.5. The molecule has 130 valence electrons. The second kappa shape index (κ2) is 6.08. The van der Waals surface area contributed by atoms with Crippen LogP contribution in [0.5, 0.6) is 0 Å². The topological polar surface area (TPSA) is 96.7 Å². The molecule has 3 heterocycles. The molecule has 3 aromatic rings. The Labute approximate surface area is 156 Å². The van der Waals surface area contributed by atoms with Gasteiger partial charge in [-0.05, 0) is 24.3 Å². The molecule has 0 fully saturated rings. The third-order valence-corrected chi connectivity index (χ3v) is 4.60. The van der Waals surface area contributed by atoms with E-state index in [0.717, 1.165) is 4.90 Å². The number of rotatable bonds is 3. The molecule has 0 bridgehead atoms. The van der Waals surface area contributed by atoms with E-state index in [2.05, 4.69) is 15.5 Å². The molecule has 1 N–H and O–H groups in total. The van der Waals surface area contributed by atoms with Crippen LogP contribution in [-0.4, -0.2) is 43.8 Å². The lowest BCUT2D eigenvalue weighted by Gasteiger charge is -2.12. The molecule has 10 heteroatoms. The summed E-state index contributed by atoms with van der Waals surface area (Å²) in [6.45, 7) is -0.469. The normalized spacial score (nSPS) is 13.4. The fraction of sp³-hybridized carbons (Fsp3) is 0.0625. The summed E-state index contributed by atoms with van der Waals surface area (Å²) in [7, 11) is 0. The molecule has 0 saturated heterocycles. The number of amides is 3. The summed E-state index contributed by atoms with van der Waals surface area (Å²) in [5.41, 5.74) is 0.781. The third-order valence-electron chi connectivity index (χ3n) is 3.88. The maximum absolute atomic E-state index is 12.4. The maximum Gasteiger partial charge on any atom is 0.262 e. The number of carbonyl (C=O) groups is 3. The summed E-state index contributed by atoms with van der Waals surface area (Å²) in [5.74, 6) is -1.61. The number of imide groups is 1. The first-order chi connectivity index (χ1) is 12.5. The lowest BCUT2D eigenvalue weighted by Crippen LogP contribution is -2.37. The molecule has 0 atom stereocenters. The summed E-state index contributed by atoms with van der Waals surface area (Å²) in [6.07, 6.45) is 1.68. The summed E-state index contributed by atoms with van der Waals surface area (Å²) in [6, 6.07) is 7.90. The molecular weight excluding hydrogens is 381 g/mol. The molecule has 2 aromatic heterocycles. The van der Waals surface area contributed by atoms with Gasteiger partial charge < -0.3 is 0 Å². The van der Waals surface area contributed by atoms with E-state index in [4.69, 9.17) is 23.2 Å². The molecule has 1 aromatic carbocycles. The van der Waals surface area contributed by atoms with Crippen molar-refractivity contribution in [1.82, 2.24) is 19.5 Å². The van der Waals surface area contributed by atoms with Crippen molar-refractivity contribution in [3.05, 3.63) is 57.7 Å². The highest BCUT2D eigenvalue weighted by Gasteiger charge is 2.37. The van der Waals surface area contributed by atoms with E-state index in [1.165, 1.54) is 12.1 Å². The standard InChI is InChI=1S/C16H9Cl2N5O3/c17-10-5-8-9(6-11(10)18)15(26)23(14(8)25)7-13(24)19-16-21-20-12-3-1-2-4-22(12)16/h1-6H,7H2,(H,19,21,24). The van der Waals surface area contributed by atoms with Crippen molar-refractivity contribution in [2.24, 2.45) is 0 Å². The van der Waals surface area contributed by atoms with E-state index in [1.54, 1.807) is 28.8 Å². The first-order valence-electron chi connectivity index (χ1n) is 7.40. The second-order valence-electron chi connectivity index (χ2n) is 5.51. The van der Waals surface area contributed by atoms with Gasteiger partial charge in [-0.2, -0.15) is 0 Å². The van der Waals surface area contributed by atoms with Crippen LogP contribution in [0.25, 0.3) is 5.65 Å². The molecule has 1 aliphatic heterocycles. The van der Waals surface area contributed by atoms with Gasteiger partial charge in [0.05, 0.1) is 21.2 Å². The Morgan fingerprint density at radius 2 is 1.69 bits per heavy atom. The number of benzene rings is 1. The summed E-state index contributed by atoms with van der Waals surface area (Å²) in [4.78, 5) is 37.9. The zero-order valence-electron chi connectivity index (χ0n) is 12.9. The molecule has 0 spiro atoms. The van der Waals surface area contributed by atoms with Gasteiger partial charge in [0.2, 0.25) is 11.9 Å². The van der Waals surface area contributed by atoms with Crippen molar-refractivity contribution in [2.45, 2.75) is 0 Å². The van der Waals surface area contributed by atoms with E-state index in [-0.39, 0.29) is 27.1 Å². The number of pyridine rings is 1. The molecule has 3 amide bonds. The molecule has 4 rings (SSSR count). The lowest BCUT2D eigenvalue weighted by atomic mass is 10.1. The Hall–Kier alpha value is -2.97. The van der Waals surface area contributed by atoms with Crippen LogP contribution in [0.4, 0.5) is 5.95 Å². The van der Waals surface area contributed by atoms with Gasteiger partial charge in [0.15, 0.2) is 5.65 Å². The van der Waals surface area contributed by atoms with E-state index in [0.29, 0.717) is 5.65 Å². The second-order valence-corrected chi connectivity index (χ2v) is 6.32. The summed E-state index contributed by atoms with van der Waals surface area (Å²) >= 11 is 11.8. The summed E-state index contributed by atoms with van der Waals surface area (Å²) < 4.78 is 1.57. The predicted octanol–water partition coefficient (Wildman–Crippen LogP) is 2.27. The van der Waals surface area contributed by atoms with Crippen LogP contribution < -0.4 is 5.32 Å². The van der Waals surface area contributed by atoms with E-state index in [1.807, 2.05) is 0 Å². The smallest absolute Gasteiger partial charge is 0.262 e. The zero-order valence-corrected chi connectivity index (χ0v) is 14.5. The van der Waals surface area contributed by atoms with Gasteiger partial charge in [-0.25, -0.2) is 0 Å². The number of fused-ring (bicyclic) bond motifs is 2. The average molecular weight is 390 g/mol. The lowest BCUT2D eigenvalue weighted by molar-refractivity contribution is -0.116. The van der Waals surface area contributed by atoms with Crippen LogP contribution in [0.15, 0.2) is 36.5 Å². The van der Waals surface area contributed by atoms with Crippen molar-refractivity contribution in [3.8, 4) is 0 Å². The predicted molar refractivity (Wildman–Crippen MR) is 93.4 cm³/mol. The van der Waals surface area contributed by atoms with E-state index < -0.39 is 24.3 Å². The molecular formula is C16H9Cl2N5O3. The Morgan fingerprint density at radius 1 is 1.04 bits per heavy atom. The van der Waals surface area contributed by atoms with Crippen LogP contribution in [-0.2, 0) is 4.79 Å². The quantitative estimate of drug-likeness (QED) is 0.693. The zero-order chi connectivity index (χ0) is 18.4. The van der Waals surface area contributed by atoms with Crippen LogP contribution in [0, 0.1) is 0 Å². The molecule has 26 heavy (non-hydrogen) atoms. The van der Waals surface area contributed by atoms with Gasteiger partial charge in [0.25, 0.3) is 11.8 Å². The maximum atomic E-state index is 12.4. The summed E-state index contributed by atoms with van der Waals surface area (Å²) in [5, 5.41) is 10.6. The van der Waals surface area contributed by atoms with Crippen LogP contribution in [0.3, 0.4) is 0 Å². The van der Waals surface area contributed by atoms with Gasteiger partial charge in [0, 0.05) is 6.20 Å². The largest absolute Gasteiger partial charge is 0.293 e. The number of hydrogen-bond donors (Lipinski definition) is 1. The number of anilines is 1. The van der Waals surface area contributed by atoms with E-state index in [9.17, 15) is 14.4 Å². The third kappa shape index (κ3) is 2.59. The van der Waals surface area contributed by atoms with Gasteiger partial charge in [-0.1, -0.05) is 29.3 Å². The number of halogens is 2. The molecule has 8 nitrogen and oxygen atoms in total. The number of hydrogen-bond acceptors (Lipinski definition) is 5. The van der Waals surface area contributed by atoms with E-state index >= 15 is 0 Å². The highest BCUT2D eigenvalue weighted by Crippen LogP contribution is 2.31. The van der Waals surface area contributed by atoms with Crippen LogP contribution in [0.1, 0.15) is 20.7 Å². The van der Waals surface area contributed by atoms with Crippen molar-refractivity contribution < 1.29 is 14.4 Å². The monoisotopic (exact) mass is 389 g/mol. The number of aromatic nitrogens is 3. The Bertz CT molecular complexity index is 1050. The van der Waals surface area contributed by atoms with Crippen molar-refractivity contribution in [3.63, 3.8) is 0 Å². The number of nitrogens with one attached hydrogen (secondary N) is 1. The minimum atomic E-state index is -0.607. The average Bonchev–Trinajstić information content (AvgIpc) is 3.12. The Balaban J connectivity index is 1.55. The van der Waals surface area contributed by atoms with Gasteiger partial charge in [0.1, 0.15) is 6.54 Å². The Morgan fingerprint density at radius 3 is 2.35 bits per heavy atom. The van der Waals surface area contributed by atoms with Crippen molar-refractivity contribution in [1.29, 1.82) is 0 Å². The van der Waals surface area contributed by atoms with Gasteiger partial charge >= 0.3 is 0 Å². The minimum Gasteiger partial charge on any atom is -0.293 e. The van der Waals surface area contributed by atoms with Gasteiger partial charge in [-0.3, -0.25) is 29.0 Å². The number of nitrogens with zero attached hydrogens (tertiary/aromatic N) is 4. The Kier molecular flexibility index (Phi) is 3.86. The highest BCUT2D eigenvalue weighted by molar-refractivity contribution is 6.43. The van der Waals surface area contributed by atoms with Crippen LogP contribution >= 0.6 is 23.2 Å². The van der Waals surface area contributed by atoms with Crippen LogP contribution in [0.2, 0.25) is 10.0 Å². The van der Waals surface area contributed by atoms with Gasteiger partial charge in [-0.15, -0.1) is 10.2 Å². The molecule has 0 unspecified atom stereocenters. The molecule has 1 aliphatic rings. The van der Waals surface area contributed by atoms with Crippen molar-refractivity contribution >= 4 is 52.5 Å². The fourth-order valence-electron chi connectivity index (χ4n) is 2.66. The van der Waals surface area contributed by atoms with Crippen molar-refractivity contribution in [2.75, 3.05) is 11.9 Å². The molecule has 0 aliphatic carbocycles. The minimum absolute atomic E-state index is 0.116. The number of carbonyl (C=O) groups excluding carboxylic acids is 3. The first-order valence-corrected chi connectivity index (χ1v) is 8.16. The molecule has 0 radical (unpaired) electrons.